The third-order valence-electron chi connectivity index (χ3n) is 4.92. The van der Waals surface area contributed by atoms with Crippen LogP contribution >= 0.6 is 28.7 Å². The van der Waals surface area contributed by atoms with Crippen LogP contribution in [0, 0.1) is 5.92 Å². The molecular weight excluding hydrogens is 322 g/mol. The molecule has 1 aliphatic heterocycles. The first-order valence-corrected chi connectivity index (χ1v) is 8.62. The van der Waals surface area contributed by atoms with Gasteiger partial charge >= 0.3 is 0 Å². The van der Waals surface area contributed by atoms with Crippen LogP contribution in [0.4, 0.5) is 0 Å². The fourth-order valence-electron chi connectivity index (χ4n) is 3.72. The highest BCUT2D eigenvalue weighted by Crippen LogP contribution is 2.37. The summed E-state index contributed by atoms with van der Waals surface area (Å²) >= 11 is 2.19. The maximum absolute atomic E-state index is 5.47. The van der Waals surface area contributed by atoms with Crippen molar-refractivity contribution in [1.82, 2.24) is 0 Å². The molecule has 0 radical (unpaired) electrons. The second kappa shape index (κ2) is 7.46. The van der Waals surface area contributed by atoms with Crippen molar-refractivity contribution >= 4 is 34.5 Å². The minimum Gasteiger partial charge on any atom is -0.381 e. The van der Waals surface area contributed by atoms with E-state index in [4.69, 9.17) is 9.73 Å². The van der Waals surface area contributed by atoms with Crippen LogP contribution in [-0.4, -0.2) is 36.0 Å². The van der Waals surface area contributed by atoms with E-state index in [0.717, 1.165) is 11.2 Å². The molecule has 2 unspecified atom stereocenters. The monoisotopic (exact) mass is 347 g/mol. The first-order valence-electron chi connectivity index (χ1n) is 7.58. The van der Waals surface area contributed by atoms with E-state index < -0.39 is 0 Å². The van der Waals surface area contributed by atoms with E-state index in [1.807, 2.05) is 7.11 Å². The van der Waals surface area contributed by atoms with E-state index in [9.17, 15) is 0 Å². The van der Waals surface area contributed by atoms with Crippen LogP contribution in [-0.2, 0) is 4.74 Å². The van der Waals surface area contributed by atoms with Crippen LogP contribution in [0.1, 0.15) is 51.4 Å². The largest absolute Gasteiger partial charge is 0.381 e. The molecule has 2 aliphatic carbocycles. The number of hydrogen-bond acceptors (Lipinski definition) is 3. The van der Waals surface area contributed by atoms with E-state index in [1.165, 1.54) is 62.8 Å². The topological polar surface area (TPSA) is 21.6 Å². The molecule has 0 bridgehead atoms. The third kappa shape index (κ3) is 3.76. The Morgan fingerprint density at radius 3 is 2.53 bits per heavy atom. The molecule has 1 heterocycles. The summed E-state index contributed by atoms with van der Waals surface area (Å²) in [6.45, 7) is 0. The molecule has 0 aromatic heterocycles. The summed E-state index contributed by atoms with van der Waals surface area (Å²) < 4.78 is 5.47. The van der Waals surface area contributed by atoms with Crippen LogP contribution in [0.5, 0.6) is 0 Å². The Balaban J connectivity index is 0.00000133. The zero-order valence-corrected chi connectivity index (χ0v) is 14.4. The van der Waals surface area contributed by atoms with Crippen LogP contribution in [0.3, 0.4) is 0 Å². The Labute approximate surface area is 131 Å². The Morgan fingerprint density at radius 2 is 1.79 bits per heavy atom. The van der Waals surface area contributed by atoms with Gasteiger partial charge in [-0.3, -0.25) is 4.99 Å². The van der Waals surface area contributed by atoms with Crippen LogP contribution < -0.4 is 0 Å². The standard InChI is InChI=1S/C15H25NOS.BrH/c1-17-12-8-6-11(7-9-12)14-10-18-15-5-3-2-4-13(15)16-14;/h11-13,15H,2-10H2,1H3;1H. The number of aliphatic imine (C=N–C) groups is 1. The molecule has 2 nitrogen and oxygen atoms in total. The lowest BCUT2D eigenvalue weighted by Crippen LogP contribution is -2.36. The predicted molar refractivity (Wildman–Crippen MR) is 89.0 cm³/mol. The molecule has 110 valence electrons. The number of hydrogen-bond donors (Lipinski definition) is 0. The first kappa shape index (κ1) is 15.8. The van der Waals surface area contributed by atoms with Crippen molar-refractivity contribution in [3.63, 3.8) is 0 Å². The summed E-state index contributed by atoms with van der Waals surface area (Å²) in [6.07, 6.45) is 11.2. The molecule has 3 rings (SSSR count). The predicted octanol–water partition coefficient (Wildman–Crippen LogP) is 4.27. The molecule has 4 heteroatoms. The summed E-state index contributed by atoms with van der Waals surface area (Å²) in [5.74, 6) is 1.98. The molecule has 3 aliphatic rings. The molecule has 2 saturated carbocycles. The highest BCUT2D eigenvalue weighted by molar-refractivity contribution is 8.93. The smallest absolute Gasteiger partial charge is 0.0618 e. The van der Waals surface area contributed by atoms with Gasteiger partial charge in [0.15, 0.2) is 0 Å². The number of fused-ring (bicyclic) bond motifs is 1. The normalized spacial score (nSPS) is 38.9. The lowest BCUT2D eigenvalue weighted by Gasteiger charge is -2.36. The maximum Gasteiger partial charge on any atom is 0.0618 e. The van der Waals surface area contributed by atoms with E-state index in [0.29, 0.717) is 12.1 Å². The van der Waals surface area contributed by atoms with Gasteiger partial charge in [0.2, 0.25) is 0 Å². The molecule has 0 spiro atoms. The van der Waals surface area contributed by atoms with Gasteiger partial charge in [0.25, 0.3) is 0 Å². The van der Waals surface area contributed by atoms with Crippen LogP contribution in [0.25, 0.3) is 0 Å². The van der Waals surface area contributed by atoms with Crippen molar-refractivity contribution in [1.29, 1.82) is 0 Å². The molecule has 0 saturated heterocycles. The van der Waals surface area contributed by atoms with Crippen molar-refractivity contribution in [2.75, 3.05) is 12.9 Å². The average Bonchev–Trinajstić information content (AvgIpc) is 2.47. The number of halogens is 1. The van der Waals surface area contributed by atoms with Gasteiger partial charge < -0.3 is 4.74 Å². The second-order valence-electron chi connectivity index (χ2n) is 6.03. The zero-order chi connectivity index (χ0) is 12.4. The Kier molecular flexibility index (Phi) is 6.22. The summed E-state index contributed by atoms with van der Waals surface area (Å²) in [5, 5.41) is 0.845. The summed E-state index contributed by atoms with van der Waals surface area (Å²) in [6, 6.07) is 0.660. The highest BCUT2D eigenvalue weighted by Gasteiger charge is 2.32. The summed E-state index contributed by atoms with van der Waals surface area (Å²) in [7, 11) is 1.85. The molecule has 0 N–H and O–H groups in total. The molecular formula is C15H26BrNOS. The Hall–Kier alpha value is 0.460. The van der Waals surface area contributed by atoms with Crippen molar-refractivity contribution in [2.24, 2.45) is 10.9 Å². The van der Waals surface area contributed by atoms with Crippen LogP contribution in [0.15, 0.2) is 4.99 Å². The number of methoxy groups -OCH3 is 1. The maximum atomic E-state index is 5.47. The summed E-state index contributed by atoms with van der Waals surface area (Å²) in [5.41, 5.74) is 1.54. The number of ether oxygens (including phenoxy) is 1. The quantitative estimate of drug-likeness (QED) is 0.743. The van der Waals surface area contributed by atoms with E-state index in [1.54, 1.807) is 0 Å². The minimum atomic E-state index is 0. The molecule has 2 atom stereocenters. The minimum absolute atomic E-state index is 0. The van der Waals surface area contributed by atoms with Crippen molar-refractivity contribution < 1.29 is 4.74 Å². The van der Waals surface area contributed by atoms with Gasteiger partial charge in [-0.15, -0.1) is 17.0 Å². The Bertz CT molecular complexity index is 315. The first-order chi connectivity index (χ1) is 8.86. The zero-order valence-electron chi connectivity index (χ0n) is 11.8. The average molecular weight is 348 g/mol. The van der Waals surface area contributed by atoms with Crippen molar-refractivity contribution in [2.45, 2.75) is 68.8 Å². The third-order valence-corrected chi connectivity index (χ3v) is 6.36. The fourth-order valence-corrected chi connectivity index (χ4v) is 5.16. The lowest BCUT2D eigenvalue weighted by molar-refractivity contribution is 0.0646. The van der Waals surface area contributed by atoms with Gasteiger partial charge in [-0.1, -0.05) is 12.8 Å². The molecule has 2 fully saturated rings. The van der Waals surface area contributed by atoms with Crippen LogP contribution in [0.2, 0.25) is 0 Å². The molecule has 19 heavy (non-hydrogen) atoms. The molecule has 0 amide bonds. The number of nitrogens with zero attached hydrogens (tertiary/aromatic N) is 1. The van der Waals surface area contributed by atoms with E-state index >= 15 is 0 Å². The lowest BCUT2D eigenvalue weighted by atomic mass is 9.84. The van der Waals surface area contributed by atoms with Gasteiger partial charge in [0, 0.05) is 23.8 Å². The van der Waals surface area contributed by atoms with Gasteiger partial charge in [-0.25, -0.2) is 0 Å². The van der Waals surface area contributed by atoms with Gasteiger partial charge in [-0.2, -0.15) is 11.8 Å². The van der Waals surface area contributed by atoms with Gasteiger partial charge in [0.05, 0.1) is 12.1 Å². The van der Waals surface area contributed by atoms with Gasteiger partial charge in [0.1, 0.15) is 0 Å². The number of thioether (sulfide) groups is 1. The Morgan fingerprint density at radius 1 is 1.05 bits per heavy atom. The SMILES string of the molecule is Br.COC1CCC(C2=NC3CCCCC3SC2)CC1. The van der Waals surface area contributed by atoms with E-state index in [-0.39, 0.29) is 17.0 Å². The fraction of sp³-hybridized carbons (Fsp3) is 0.933. The van der Waals surface area contributed by atoms with Crippen molar-refractivity contribution in [3.05, 3.63) is 0 Å². The van der Waals surface area contributed by atoms with Gasteiger partial charge in [-0.05, 0) is 44.4 Å². The summed E-state index contributed by atoms with van der Waals surface area (Å²) in [4.78, 5) is 5.13. The van der Waals surface area contributed by atoms with E-state index in [2.05, 4.69) is 11.8 Å². The number of rotatable bonds is 2. The highest BCUT2D eigenvalue weighted by atomic mass is 79.9. The van der Waals surface area contributed by atoms with Crippen molar-refractivity contribution in [3.8, 4) is 0 Å². The second-order valence-corrected chi connectivity index (χ2v) is 7.26. The molecule has 0 aromatic carbocycles. The molecule has 0 aromatic rings.